The van der Waals surface area contributed by atoms with E-state index in [1.54, 1.807) is 10.3 Å². The molecule has 3 unspecified atom stereocenters. The molecule has 0 spiro atoms. The van der Waals surface area contributed by atoms with Crippen molar-refractivity contribution in [2.24, 2.45) is 11.8 Å². The van der Waals surface area contributed by atoms with Crippen LogP contribution in [0, 0.1) is 11.8 Å². The standard InChI is InChI=1S/C10H13N3O2S/c14-9-2-1-6-3-13(4-7(6)9)10(15)8-5-16-12-11-8/h5-7,9,14H,1-4H2. The molecular formula is C10H13N3O2S. The predicted octanol–water partition coefficient (Wildman–Crippen LogP) is 0.381. The third-order valence-electron chi connectivity index (χ3n) is 3.69. The van der Waals surface area contributed by atoms with Crippen molar-refractivity contribution in [3.8, 4) is 0 Å². The summed E-state index contributed by atoms with van der Waals surface area (Å²) in [5.74, 6) is 0.705. The Kier molecular flexibility index (Phi) is 2.40. The molecule has 2 aliphatic rings. The summed E-state index contributed by atoms with van der Waals surface area (Å²) in [6.07, 6.45) is 1.69. The average molecular weight is 239 g/mol. The van der Waals surface area contributed by atoms with Crippen molar-refractivity contribution in [2.75, 3.05) is 13.1 Å². The lowest BCUT2D eigenvalue weighted by atomic mass is 10.00. The fourth-order valence-corrected chi connectivity index (χ4v) is 3.25. The van der Waals surface area contributed by atoms with E-state index in [2.05, 4.69) is 9.59 Å². The molecule has 0 radical (unpaired) electrons. The largest absolute Gasteiger partial charge is 0.393 e. The average Bonchev–Trinajstić information content (AvgIpc) is 2.96. The maximum atomic E-state index is 12.0. The number of nitrogens with zero attached hydrogens (tertiary/aromatic N) is 3. The molecule has 1 aromatic rings. The van der Waals surface area contributed by atoms with Crippen LogP contribution in [0.3, 0.4) is 0 Å². The first-order valence-corrected chi connectivity index (χ1v) is 6.34. The van der Waals surface area contributed by atoms with Gasteiger partial charge in [0.05, 0.1) is 6.10 Å². The van der Waals surface area contributed by atoms with Crippen molar-refractivity contribution in [2.45, 2.75) is 18.9 Å². The second kappa shape index (κ2) is 3.78. The molecule has 1 aliphatic heterocycles. The van der Waals surface area contributed by atoms with Crippen molar-refractivity contribution in [3.05, 3.63) is 11.1 Å². The van der Waals surface area contributed by atoms with Gasteiger partial charge in [-0.1, -0.05) is 4.49 Å². The van der Waals surface area contributed by atoms with Crippen LogP contribution >= 0.6 is 11.5 Å². The molecule has 1 amide bonds. The number of aromatic nitrogens is 2. The van der Waals surface area contributed by atoms with E-state index in [4.69, 9.17) is 0 Å². The van der Waals surface area contributed by atoms with Crippen LogP contribution in [0.4, 0.5) is 0 Å². The van der Waals surface area contributed by atoms with Gasteiger partial charge < -0.3 is 10.0 Å². The van der Waals surface area contributed by atoms with Crippen LogP contribution in [-0.4, -0.2) is 44.7 Å². The summed E-state index contributed by atoms with van der Waals surface area (Å²) in [6.45, 7) is 1.43. The molecule has 1 N–H and O–H groups in total. The maximum Gasteiger partial charge on any atom is 0.275 e. The maximum absolute atomic E-state index is 12.0. The van der Waals surface area contributed by atoms with E-state index in [1.165, 1.54) is 11.5 Å². The fourth-order valence-electron chi connectivity index (χ4n) is 2.82. The Bertz CT molecular complexity index is 395. The van der Waals surface area contributed by atoms with Gasteiger partial charge in [0.1, 0.15) is 0 Å². The van der Waals surface area contributed by atoms with Crippen LogP contribution in [0.25, 0.3) is 0 Å². The normalized spacial score (nSPS) is 33.1. The van der Waals surface area contributed by atoms with Crippen LogP contribution in [0.5, 0.6) is 0 Å². The number of likely N-dealkylation sites (tertiary alicyclic amines) is 1. The van der Waals surface area contributed by atoms with Crippen LogP contribution in [0.15, 0.2) is 5.38 Å². The highest BCUT2D eigenvalue weighted by molar-refractivity contribution is 7.03. The van der Waals surface area contributed by atoms with Gasteiger partial charge in [0.15, 0.2) is 5.69 Å². The number of carbonyl (C=O) groups excluding carboxylic acids is 1. The molecule has 1 aliphatic carbocycles. The van der Waals surface area contributed by atoms with Gasteiger partial charge in [-0.3, -0.25) is 4.79 Å². The van der Waals surface area contributed by atoms with E-state index in [1.807, 2.05) is 0 Å². The first kappa shape index (κ1) is 10.2. The second-order valence-corrected chi connectivity index (χ2v) is 5.18. The van der Waals surface area contributed by atoms with Crippen LogP contribution in [0.1, 0.15) is 23.3 Å². The molecule has 2 heterocycles. The molecule has 0 aromatic carbocycles. The van der Waals surface area contributed by atoms with Crippen molar-refractivity contribution < 1.29 is 9.90 Å². The SMILES string of the molecule is O=C(c1csnn1)N1CC2CCC(O)C2C1. The van der Waals surface area contributed by atoms with Gasteiger partial charge in [-0.05, 0) is 30.3 Å². The van der Waals surface area contributed by atoms with E-state index in [-0.39, 0.29) is 17.9 Å². The summed E-state index contributed by atoms with van der Waals surface area (Å²) in [6, 6.07) is 0. The Morgan fingerprint density at radius 3 is 3.06 bits per heavy atom. The minimum absolute atomic E-state index is 0.0460. The Labute approximate surface area is 97.2 Å². The lowest BCUT2D eigenvalue weighted by molar-refractivity contribution is 0.0746. The first-order chi connectivity index (χ1) is 7.75. The van der Waals surface area contributed by atoms with Crippen LogP contribution in [0.2, 0.25) is 0 Å². The third-order valence-corrected chi connectivity index (χ3v) is 4.19. The molecule has 5 nitrogen and oxygen atoms in total. The molecule has 3 rings (SSSR count). The Morgan fingerprint density at radius 1 is 1.50 bits per heavy atom. The summed E-state index contributed by atoms with van der Waals surface area (Å²) >= 11 is 1.19. The van der Waals surface area contributed by atoms with Crippen molar-refractivity contribution in [1.82, 2.24) is 14.5 Å². The van der Waals surface area contributed by atoms with E-state index < -0.39 is 0 Å². The lowest BCUT2D eigenvalue weighted by Gasteiger charge is -2.16. The van der Waals surface area contributed by atoms with E-state index in [0.717, 1.165) is 19.4 Å². The summed E-state index contributed by atoms with van der Waals surface area (Å²) < 4.78 is 3.70. The molecule has 3 atom stereocenters. The molecule has 0 bridgehead atoms. The minimum Gasteiger partial charge on any atom is -0.393 e. The molecule has 1 saturated carbocycles. The number of hydrogen-bond donors (Lipinski definition) is 1. The summed E-state index contributed by atoms with van der Waals surface area (Å²) in [5.41, 5.74) is 0.430. The highest BCUT2D eigenvalue weighted by Crippen LogP contribution is 2.38. The van der Waals surface area contributed by atoms with Crippen molar-refractivity contribution >= 4 is 17.4 Å². The van der Waals surface area contributed by atoms with E-state index in [9.17, 15) is 9.90 Å². The van der Waals surface area contributed by atoms with Gasteiger partial charge in [0.2, 0.25) is 0 Å². The molecule has 2 fully saturated rings. The quantitative estimate of drug-likeness (QED) is 0.769. The first-order valence-electron chi connectivity index (χ1n) is 5.50. The highest BCUT2D eigenvalue weighted by atomic mass is 32.1. The number of rotatable bonds is 1. The Hall–Kier alpha value is -1.01. The zero-order valence-electron chi connectivity index (χ0n) is 8.74. The highest BCUT2D eigenvalue weighted by Gasteiger charge is 2.43. The molecule has 16 heavy (non-hydrogen) atoms. The number of fused-ring (bicyclic) bond motifs is 1. The number of aliphatic hydroxyl groups is 1. The molecule has 6 heteroatoms. The number of aliphatic hydroxyl groups excluding tert-OH is 1. The van der Waals surface area contributed by atoms with E-state index in [0.29, 0.717) is 18.2 Å². The van der Waals surface area contributed by atoms with Crippen LogP contribution in [-0.2, 0) is 0 Å². The zero-order valence-corrected chi connectivity index (χ0v) is 9.56. The van der Waals surface area contributed by atoms with Crippen molar-refractivity contribution in [1.29, 1.82) is 0 Å². The van der Waals surface area contributed by atoms with Gasteiger partial charge in [0, 0.05) is 24.4 Å². The number of hydrogen-bond acceptors (Lipinski definition) is 5. The fraction of sp³-hybridized carbons (Fsp3) is 0.700. The third kappa shape index (κ3) is 1.53. The zero-order chi connectivity index (χ0) is 11.1. The molecule has 1 aromatic heterocycles. The lowest BCUT2D eigenvalue weighted by Crippen LogP contribution is -2.31. The Balaban J connectivity index is 1.73. The van der Waals surface area contributed by atoms with Gasteiger partial charge in [-0.2, -0.15) is 0 Å². The molecule has 86 valence electrons. The number of carbonyl (C=O) groups is 1. The van der Waals surface area contributed by atoms with Gasteiger partial charge in [0.25, 0.3) is 5.91 Å². The molecular weight excluding hydrogens is 226 g/mol. The van der Waals surface area contributed by atoms with Gasteiger partial charge in [-0.15, -0.1) is 5.10 Å². The number of amides is 1. The minimum atomic E-state index is -0.226. The predicted molar refractivity (Wildman–Crippen MR) is 58.0 cm³/mol. The van der Waals surface area contributed by atoms with Crippen molar-refractivity contribution in [3.63, 3.8) is 0 Å². The second-order valence-electron chi connectivity index (χ2n) is 4.57. The van der Waals surface area contributed by atoms with E-state index >= 15 is 0 Å². The smallest absolute Gasteiger partial charge is 0.275 e. The summed E-state index contributed by atoms with van der Waals surface area (Å²) in [7, 11) is 0. The summed E-state index contributed by atoms with van der Waals surface area (Å²) in [4.78, 5) is 13.8. The molecule has 1 saturated heterocycles. The summed E-state index contributed by atoms with van der Waals surface area (Å²) in [5, 5.41) is 15.2. The monoisotopic (exact) mass is 239 g/mol. The van der Waals surface area contributed by atoms with Gasteiger partial charge in [-0.25, -0.2) is 0 Å². The van der Waals surface area contributed by atoms with Crippen LogP contribution < -0.4 is 0 Å². The topological polar surface area (TPSA) is 66.3 Å². The van der Waals surface area contributed by atoms with Gasteiger partial charge >= 0.3 is 0 Å². The Morgan fingerprint density at radius 2 is 2.38 bits per heavy atom.